The number of aromatic hydroxyl groups is 1. The number of piperidine rings is 1. The number of hydrogen-bond acceptors (Lipinski definition) is 8. The number of nitrogens with two attached hydrogens (primary N) is 1. The third-order valence-corrected chi connectivity index (χ3v) is 6.57. The van der Waals surface area contributed by atoms with Gasteiger partial charge in [-0.2, -0.15) is 0 Å². The monoisotopic (exact) mass is 508 g/mol. The van der Waals surface area contributed by atoms with Gasteiger partial charge in [-0.1, -0.05) is 6.07 Å². The summed E-state index contributed by atoms with van der Waals surface area (Å²) in [6.45, 7) is 5.31. The number of carbonyl (C=O) groups excluding carboxylic acids is 1. The number of nitrogens with one attached hydrogen (secondary N) is 2. The van der Waals surface area contributed by atoms with Crippen LogP contribution in [0.5, 0.6) is 11.5 Å². The van der Waals surface area contributed by atoms with Gasteiger partial charge in [0.25, 0.3) is 0 Å². The summed E-state index contributed by atoms with van der Waals surface area (Å²) in [5.74, 6) is 0.374. The van der Waals surface area contributed by atoms with Crippen LogP contribution in [-0.4, -0.2) is 78.3 Å². The summed E-state index contributed by atoms with van der Waals surface area (Å²) in [6.07, 6.45) is 2.59. The topological polar surface area (TPSA) is 159 Å². The number of aliphatic hydroxyl groups is 2. The smallest absolute Gasteiger partial charge is 0.302 e. The second kappa shape index (κ2) is 15.5. The van der Waals surface area contributed by atoms with Gasteiger partial charge in [0.2, 0.25) is 0 Å². The molecule has 10 nitrogen and oxygen atoms in total. The van der Waals surface area contributed by atoms with E-state index in [9.17, 15) is 20.1 Å². The molecule has 7 N–H and O–H groups in total. The van der Waals surface area contributed by atoms with Crippen molar-refractivity contribution in [3.05, 3.63) is 23.8 Å². The molecule has 0 aromatic heterocycles. The van der Waals surface area contributed by atoms with E-state index in [0.29, 0.717) is 50.4 Å². The van der Waals surface area contributed by atoms with E-state index in [-0.39, 0.29) is 17.8 Å². The Balaban J connectivity index is 1.90. The lowest BCUT2D eigenvalue weighted by Gasteiger charge is -2.25. The Morgan fingerprint density at radius 1 is 1.25 bits per heavy atom. The minimum absolute atomic E-state index is 0.0719. The average molecular weight is 509 g/mol. The number of hydrogen-bond donors (Lipinski definition) is 6. The maximum atomic E-state index is 11.7. The predicted molar refractivity (Wildman–Crippen MR) is 139 cm³/mol. The Morgan fingerprint density at radius 2 is 1.97 bits per heavy atom. The van der Waals surface area contributed by atoms with Crippen LogP contribution >= 0.6 is 0 Å². The number of carbonyl (C=O) groups is 1. The van der Waals surface area contributed by atoms with Crippen molar-refractivity contribution in [3.63, 3.8) is 0 Å². The van der Waals surface area contributed by atoms with E-state index in [0.717, 1.165) is 31.5 Å². The number of aliphatic imine (C=N–C) groups is 1. The van der Waals surface area contributed by atoms with E-state index in [4.69, 9.17) is 15.2 Å². The summed E-state index contributed by atoms with van der Waals surface area (Å²) in [6, 6.07) is 5.29. The van der Waals surface area contributed by atoms with Crippen molar-refractivity contribution in [2.45, 2.75) is 83.2 Å². The Hall–Kier alpha value is -2.56. The molecule has 36 heavy (non-hydrogen) atoms. The summed E-state index contributed by atoms with van der Waals surface area (Å²) >= 11 is 0. The number of guanidine groups is 1. The first-order valence-electron chi connectivity index (χ1n) is 12.9. The van der Waals surface area contributed by atoms with Gasteiger partial charge < -0.3 is 41.2 Å². The molecule has 1 aliphatic heterocycles. The van der Waals surface area contributed by atoms with Gasteiger partial charge in [-0.05, 0) is 76.2 Å². The fraction of sp³-hybridized carbons (Fsp3) is 0.692. The van der Waals surface area contributed by atoms with Crippen molar-refractivity contribution in [2.75, 3.05) is 26.7 Å². The van der Waals surface area contributed by atoms with Gasteiger partial charge in [0.15, 0.2) is 17.5 Å². The first kappa shape index (κ1) is 29.7. The number of phenols is 1. The normalized spacial score (nSPS) is 18.2. The predicted octanol–water partition coefficient (Wildman–Crippen LogP) is 1.45. The fourth-order valence-corrected chi connectivity index (χ4v) is 4.34. The molecule has 0 aliphatic carbocycles. The van der Waals surface area contributed by atoms with Gasteiger partial charge in [-0.15, -0.1) is 0 Å². The highest BCUT2D eigenvalue weighted by Gasteiger charge is 2.22. The van der Waals surface area contributed by atoms with Crippen molar-refractivity contribution in [1.82, 2.24) is 10.6 Å². The zero-order valence-electron chi connectivity index (χ0n) is 21.8. The molecule has 204 valence electrons. The van der Waals surface area contributed by atoms with Crippen LogP contribution in [0.4, 0.5) is 0 Å². The number of phenolic OH excluding ortho intramolecular Hbond substituents is 1. The van der Waals surface area contributed by atoms with Crippen molar-refractivity contribution in [2.24, 2.45) is 16.6 Å². The molecule has 1 heterocycles. The van der Waals surface area contributed by atoms with E-state index >= 15 is 0 Å². The maximum absolute atomic E-state index is 11.7. The van der Waals surface area contributed by atoms with E-state index in [2.05, 4.69) is 15.6 Å². The van der Waals surface area contributed by atoms with Crippen LogP contribution in [0.15, 0.2) is 23.2 Å². The molecule has 0 amide bonds. The molecule has 0 radical (unpaired) electrons. The standard InChI is InChI=1S/C26H44N4O6/c1-17(31)20(16-30-26(27)28-3)6-7-21(33)15-23(35-18(2)32)8-4-19-5-9-24(34)25(14-19)36-22-10-12-29-13-11-22/h5,9,14,17,20-23,29,31,33-34H,4,6-8,10-13,15-16H2,1-3H3,(H3,27,28,30). The molecule has 1 aromatic rings. The lowest BCUT2D eigenvalue weighted by atomic mass is 9.93. The zero-order valence-corrected chi connectivity index (χ0v) is 21.8. The number of aliphatic hydroxyl groups excluding tert-OH is 2. The molecular formula is C26H44N4O6. The highest BCUT2D eigenvalue weighted by molar-refractivity contribution is 5.77. The van der Waals surface area contributed by atoms with Crippen molar-refractivity contribution in [1.29, 1.82) is 0 Å². The summed E-state index contributed by atoms with van der Waals surface area (Å²) in [5, 5.41) is 37.2. The van der Waals surface area contributed by atoms with Crippen LogP contribution in [0.25, 0.3) is 0 Å². The van der Waals surface area contributed by atoms with Crippen LogP contribution < -0.4 is 21.1 Å². The number of benzene rings is 1. The van der Waals surface area contributed by atoms with Crippen LogP contribution in [0.3, 0.4) is 0 Å². The molecule has 0 spiro atoms. The largest absolute Gasteiger partial charge is 0.504 e. The number of esters is 1. The Bertz CT molecular complexity index is 829. The number of rotatable bonds is 14. The van der Waals surface area contributed by atoms with Gasteiger partial charge >= 0.3 is 5.97 Å². The first-order valence-corrected chi connectivity index (χ1v) is 12.9. The van der Waals surface area contributed by atoms with Gasteiger partial charge in [0.1, 0.15) is 12.2 Å². The van der Waals surface area contributed by atoms with E-state index in [1.807, 2.05) is 12.1 Å². The Morgan fingerprint density at radius 3 is 2.61 bits per heavy atom. The second-order valence-electron chi connectivity index (χ2n) is 9.60. The van der Waals surface area contributed by atoms with Crippen molar-refractivity contribution in [3.8, 4) is 11.5 Å². The summed E-state index contributed by atoms with van der Waals surface area (Å²) in [5.41, 5.74) is 6.63. The molecular weight excluding hydrogens is 464 g/mol. The molecule has 1 aliphatic rings. The van der Waals surface area contributed by atoms with E-state index in [1.54, 1.807) is 20.0 Å². The molecule has 4 atom stereocenters. The van der Waals surface area contributed by atoms with E-state index < -0.39 is 24.3 Å². The molecule has 0 bridgehead atoms. The quantitative estimate of drug-likeness (QED) is 0.124. The lowest BCUT2D eigenvalue weighted by molar-refractivity contribution is -0.148. The molecule has 1 saturated heterocycles. The number of nitrogens with zero attached hydrogens (tertiary/aromatic N) is 1. The van der Waals surface area contributed by atoms with Gasteiger partial charge in [0, 0.05) is 32.9 Å². The Kier molecular flexibility index (Phi) is 12.8. The molecule has 2 rings (SSSR count). The number of ether oxygens (including phenoxy) is 2. The van der Waals surface area contributed by atoms with Gasteiger partial charge in [-0.25, -0.2) is 0 Å². The summed E-state index contributed by atoms with van der Waals surface area (Å²) in [4.78, 5) is 15.5. The number of aryl methyl sites for hydroxylation is 1. The van der Waals surface area contributed by atoms with Crippen molar-refractivity contribution >= 4 is 11.9 Å². The first-order chi connectivity index (χ1) is 17.2. The average Bonchev–Trinajstić information content (AvgIpc) is 2.84. The highest BCUT2D eigenvalue weighted by Crippen LogP contribution is 2.30. The minimum Gasteiger partial charge on any atom is -0.504 e. The van der Waals surface area contributed by atoms with Crippen LogP contribution in [0.1, 0.15) is 57.9 Å². The molecule has 0 saturated carbocycles. The van der Waals surface area contributed by atoms with E-state index in [1.165, 1.54) is 6.92 Å². The van der Waals surface area contributed by atoms with Gasteiger partial charge in [-0.3, -0.25) is 9.79 Å². The van der Waals surface area contributed by atoms with Crippen LogP contribution in [0.2, 0.25) is 0 Å². The maximum Gasteiger partial charge on any atom is 0.302 e. The molecule has 4 unspecified atom stereocenters. The fourth-order valence-electron chi connectivity index (χ4n) is 4.34. The summed E-state index contributed by atoms with van der Waals surface area (Å²) in [7, 11) is 1.58. The SMILES string of the molecule is CN=C(N)NCC(CCC(O)CC(CCc1ccc(O)c(OC2CCNCC2)c1)OC(C)=O)C(C)O. The Labute approximate surface area is 214 Å². The third kappa shape index (κ3) is 11.0. The van der Waals surface area contributed by atoms with Crippen LogP contribution in [0, 0.1) is 5.92 Å². The third-order valence-electron chi connectivity index (χ3n) is 6.57. The zero-order chi connectivity index (χ0) is 26.5. The molecule has 10 heteroatoms. The molecule has 1 fully saturated rings. The summed E-state index contributed by atoms with van der Waals surface area (Å²) < 4.78 is 11.5. The van der Waals surface area contributed by atoms with Gasteiger partial charge in [0.05, 0.1) is 12.2 Å². The lowest BCUT2D eigenvalue weighted by Crippen LogP contribution is -2.38. The minimum atomic E-state index is -0.689. The van der Waals surface area contributed by atoms with Crippen molar-refractivity contribution < 1.29 is 29.6 Å². The second-order valence-corrected chi connectivity index (χ2v) is 9.60. The highest BCUT2D eigenvalue weighted by atomic mass is 16.5. The molecule has 1 aromatic carbocycles. The van der Waals surface area contributed by atoms with Crippen LogP contribution in [-0.2, 0) is 16.0 Å².